The van der Waals surface area contributed by atoms with Crippen molar-refractivity contribution in [1.29, 1.82) is 0 Å². The maximum Gasteiger partial charge on any atom is 0.269 e. The predicted octanol–water partition coefficient (Wildman–Crippen LogP) is 2.65. The third-order valence-electron chi connectivity index (χ3n) is 1.81. The second kappa shape index (κ2) is 3.59. The average Bonchev–Trinajstić information content (AvgIpc) is 2.69. The molecule has 6 heteroatoms. The molecule has 0 saturated carbocycles. The molecule has 0 atom stereocenters. The minimum absolute atomic E-state index is 0.420. The molecule has 15 heavy (non-hydrogen) atoms. The zero-order valence-electron chi connectivity index (χ0n) is 8.32. The molecule has 0 fully saturated rings. The van der Waals surface area contributed by atoms with E-state index in [-0.39, 0.29) is 0 Å². The number of rotatable bonds is 2. The Morgan fingerprint density at radius 1 is 1.53 bits per heavy atom. The lowest BCUT2D eigenvalue weighted by Crippen LogP contribution is -2.30. The maximum absolute atomic E-state index is 5.95. The molecule has 0 radical (unpaired) electrons. The summed E-state index contributed by atoms with van der Waals surface area (Å²) in [5.41, 5.74) is 5.24. The van der Waals surface area contributed by atoms with Crippen LogP contribution in [0.3, 0.4) is 0 Å². The second-order valence-electron chi connectivity index (χ2n) is 3.74. The third kappa shape index (κ3) is 2.04. The number of aromatic nitrogens is 2. The molecule has 0 bridgehead atoms. The van der Waals surface area contributed by atoms with Crippen LogP contribution in [-0.4, -0.2) is 10.1 Å². The second-order valence-corrected chi connectivity index (χ2v) is 5.07. The molecule has 0 aliphatic heterocycles. The molecule has 0 spiro atoms. The molecule has 0 aliphatic rings. The quantitative estimate of drug-likeness (QED) is 0.881. The van der Waals surface area contributed by atoms with Crippen LogP contribution < -0.4 is 5.73 Å². The van der Waals surface area contributed by atoms with Crippen LogP contribution in [0.5, 0.6) is 0 Å². The Morgan fingerprint density at radius 3 is 2.73 bits per heavy atom. The van der Waals surface area contributed by atoms with Gasteiger partial charge in [0.05, 0.1) is 10.6 Å². The standard InChI is InChI=1S/C9H10ClN3OS/c1-9(2,11)8-12-7(14-13-8)6-5(10)3-4-15-6/h3-4H,11H2,1-2H3. The number of nitrogens with two attached hydrogens (primary N) is 1. The molecule has 80 valence electrons. The van der Waals surface area contributed by atoms with Crippen LogP contribution in [0.2, 0.25) is 5.02 Å². The molecule has 0 saturated heterocycles. The minimum Gasteiger partial charge on any atom is -0.333 e. The Balaban J connectivity index is 2.41. The molecular weight excluding hydrogens is 234 g/mol. The smallest absolute Gasteiger partial charge is 0.269 e. The molecule has 0 unspecified atom stereocenters. The Labute approximate surface area is 96.1 Å². The van der Waals surface area contributed by atoms with E-state index in [1.54, 1.807) is 6.07 Å². The van der Waals surface area contributed by atoms with Gasteiger partial charge in [0.1, 0.15) is 4.88 Å². The minimum atomic E-state index is -0.606. The molecule has 2 heterocycles. The number of hydrogen-bond acceptors (Lipinski definition) is 5. The van der Waals surface area contributed by atoms with Gasteiger partial charge in [-0.15, -0.1) is 11.3 Å². The number of nitrogens with zero attached hydrogens (tertiary/aromatic N) is 2. The fourth-order valence-corrected chi connectivity index (χ4v) is 2.08. The van der Waals surface area contributed by atoms with Crippen molar-refractivity contribution in [2.24, 2.45) is 5.73 Å². The lowest BCUT2D eigenvalue weighted by molar-refractivity contribution is 0.397. The van der Waals surface area contributed by atoms with Gasteiger partial charge in [-0.2, -0.15) is 4.98 Å². The SMILES string of the molecule is CC(C)(N)c1noc(-c2sccc2Cl)n1. The van der Waals surface area contributed by atoms with Gasteiger partial charge in [-0.1, -0.05) is 16.8 Å². The van der Waals surface area contributed by atoms with Gasteiger partial charge in [0.2, 0.25) is 0 Å². The molecular formula is C9H10ClN3OS. The van der Waals surface area contributed by atoms with Gasteiger partial charge in [0.15, 0.2) is 5.82 Å². The van der Waals surface area contributed by atoms with E-state index < -0.39 is 5.54 Å². The van der Waals surface area contributed by atoms with Crippen molar-refractivity contribution in [3.63, 3.8) is 0 Å². The van der Waals surface area contributed by atoms with Gasteiger partial charge >= 0.3 is 0 Å². The zero-order chi connectivity index (χ0) is 11.1. The first-order chi connectivity index (χ1) is 6.98. The highest BCUT2D eigenvalue weighted by molar-refractivity contribution is 7.14. The Morgan fingerprint density at radius 2 is 2.27 bits per heavy atom. The summed E-state index contributed by atoms with van der Waals surface area (Å²) in [6.07, 6.45) is 0. The highest BCUT2D eigenvalue weighted by atomic mass is 35.5. The summed E-state index contributed by atoms with van der Waals surface area (Å²) in [5, 5.41) is 6.31. The van der Waals surface area contributed by atoms with E-state index in [9.17, 15) is 0 Å². The first kappa shape index (κ1) is 10.6. The largest absolute Gasteiger partial charge is 0.333 e. The van der Waals surface area contributed by atoms with Gasteiger partial charge in [0, 0.05) is 0 Å². The summed E-state index contributed by atoms with van der Waals surface area (Å²) in [5.74, 6) is 0.894. The normalized spacial score (nSPS) is 12.0. The average molecular weight is 244 g/mol. The van der Waals surface area contributed by atoms with Gasteiger partial charge in [-0.25, -0.2) is 0 Å². The van der Waals surface area contributed by atoms with Gasteiger partial charge < -0.3 is 10.3 Å². The lowest BCUT2D eigenvalue weighted by atomic mass is 10.1. The summed E-state index contributed by atoms with van der Waals surface area (Å²) < 4.78 is 5.10. The van der Waals surface area contributed by atoms with Crippen molar-refractivity contribution < 1.29 is 4.52 Å². The fraction of sp³-hybridized carbons (Fsp3) is 0.333. The first-order valence-corrected chi connectivity index (χ1v) is 5.60. The highest BCUT2D eigenvalue weighted by Gasteiger charge is 2.23. The van der Waals surface area contributed by atoms with E-state index in [1.807, 2.05) is 19.2 Å². The van der Waals surface area contributed by atoms with Crippen LogP contribution in [-0.2, 0) is 5.54 Å². The Hall–Kier alpha value is -0.910. The van der Waals surface area contributed by atoms with Crippen molar-refractivity contribution in [3.8, 4) is 10.8 Å². The van der Waals surface area contributed by atoms with E-state index in [0.717, 1.165) is 4.88 Å². The van der Waals surface area contributed by atoms with Gasteiger partial charge in [0.25, 0.3) is 5.89 Å². The molecule has 2 aromatic heterocycles. The number of halogens is 1. The fourth-order valence-electron chi connectivity index (χ4n) is 1.02. The van der Waals surface area contributed by atoms with Crippen molar-refractivity contribution in [2.75, 3.05) is 0 Å². The summed E-state index contributed by atoms with van der Waals surface area (Å²) in [4.78, 5) is 4.99. The predicted molar refractivity (Wildman–Crippen MR) is 59.8 cm³/mol. The maximum atomic E-state index is 5.95. The summed E-state index contributed by atoms with van der Waals surface area (Å²) in [6.45, 7) is 3.63. The van der Waals surface area contributed by atoms with Crippen molar-refractivity contribution in [1.82, 2.24) is 10.1 Å². The van der Waals surface area contributed by atoms with E-state index in [1.165, 1.54) is 11.3 Å². The van der Waals surface area contributed by atoms with E-state index in [2.05, 4.69) is 10.1 Å². The highest BCUT2D eigenvalue weighted by Crippen LogP contribution is 2.32. The Kier molecular flexibility index (Phi) is 2.54. The summed E-state index contributed by atoms with van der Waals surface area (Å²) in [6, 6.07) is 1.79. The Bertz CT molecular complexity index is 472. The van der Waals surface area contributed by atoms with Crippen LogP contribution in [0, 0.1) is 0 Å². The molecule has 0 aromatic carbocycles. The molecule has 4 nitrogen and oxygen atoms in total. The molecule has 0 amide bonds. The van der Waals surface area contributed by atoms with E-state index in [0.29, 0.717) is 16.7 Å². The van der Waals surface area contributed by atoms with E-state index >= 15 is 0 Å². The van der Waals surface area contributed by atoms with Gasteiger partial charge in [-0.3, -0.25) is 0 Å². The monoisotopic (exact) mass is 243 g/mol. The van der Waals surface area contributed by atoms with E-state index in [4.69, 9.17) is 21.9 Å². The number of hydrogen-bond donors (Lipinski definition) is 1. The third-order valence-corrected chi connectivity index (χ3v) is 3.14. The molecule has 2 rings (SSSR count). The van der Waals surface area contributed by atoms with Crippen LogP contribution >= 0.6 is 22.9 Å². The molecule has 2 N–H and O–H groups in total. The summed E-state index contributed by atoms with van der Waals surface area (Å²) >= 11 is 7.41. The number of thiophene rings is 1. The van der Waals surface area contributed by atoms with Crippen molar-refractivity contribution in [3.05, 3.63) is 22.3 Å². The molecule has 0 aliphatic carbocycles. The zero-order valence-corrected chi connectivity index (χ0v) is 9.89. The molecule has 2 aromatic rings. The van der Waals surface area contributed by atoms with Crippen LogP contribution in [0.4, 0.5) is 0 Å². The van der Waals surface area contributed by atoms with Crippen molar-refractivity contribution >= 4 is 22.9 Å². The topological polar surface area (TPSA) is 64.9 Å². The van der Waals surface area contributed by atoms with Crippen LogP contribution in [0.15, 0.2) is 16.0 Å². The lowest BCUT2D eigenvalue weighted by Gasteiger charge is -2.11. The van der Waals surface area contributed by atoms with Crippen LogP contribution in [0.25, 0.3) is 10.8 Å². The van der Waals surface area contributed by atoms with Gasteiger partial charge in [-0.05, 0) is 25.3 Å². The van der Waals surface area contributed by atoms with Crippen LogP contribution in [0.1, 0.15) is 19.7 Å². The summed E-state index contributed by atoms with van der Waals surface area (Å²) in [7, 11) is 0. The first-order valence-electron chi connectivity index (χ1n) is 4.35. The van der Waals surface area contributed by atoms with Crippen molar-refractivity contribution in [2.45, 2.75) is 19.4 Å².